The normalized spacial score (nSPS) is 11.0. The van der Waals surface area contributed by atoms with Gasteiger partial charge in [0.05, 0.1) is 21.1 Å². The van der Waals surface area contributed by atoms with E-state index in [0.717, 1.165) is 6.07 Å². The second-order valence-corrected chi connectivity index (χ2v) is 7.19. The predicted molar refractivity (Wildman–Crippen MR) is 99.2 cm³/mol. The van der Waals surface area contributed by atoms with Crippen LogP contribution in [0.2, 0.25) is 0 Å². The molecule has 27 heavy (non-hydrogen) atoms. The molecule has 0 unspecified atom stereocenters. The number of amides is 1. The van der Waals surface area contributed by atoms with Crippen LogP contribution in [0.4, 0.5) is 11.4 Å². The molecule has 0 aromatic heterocycles. The van der Waals surface area contributed by atoms with Gasteiger partial charge in [-0.3, -0.25) is 19.6 Å². The zero-order valence-electron chi connectivity index (χ0n) is 14.5. The first-order valence-corrected chi connectivity index (χ1v) is 9.47. The van der Waals surface area contributed by atoms with E-state index < -0.39 is 20.9 Å². The van der Waals surface area contributed by atoms with Gasteiger partial charge in [-0.2, -0.15) is 0 Å². The Morgan fingerprint density at radius 1 is 1.19 bits per heavy atom. The SMILES string of the molecule is COCCCNC(=O)c1ccccc1NS(=O)(=O)c1cccc([N+](=O)[O-])c1. The molecule has 10 heteroatoms. The Morgan fingerprint density at radius 2 is 1.93 bits per heavy atom. The molecule has 2 N–H and O–H groups in total. The lowest BCUT2D eigenvalue weighted by Crippen LogP contribution is -2.26. The highest BCUT2D eigenvalue weighted by molar-refractivity contribution is 7.92. The number of para-hydroxylation sites is 1. The van der Waals surface area contributed by atoms with Crippen molar-refractivity contribution in [2.24, 2.45) is 0 Å². The third kappa shape index (κ3) is 5.50. The molecule has 0 heterocycles. The molecular formula is C17H19N3O6S. The van der Waals surface area contributed by atoms with E-state index >= 15 is 0 Å². The van der Waals surface area contributed by atoms with Crippen LogP contribution in [-0.2, 0) is 14.8 Å². The molecule has 9 nitrogen and oxygen atoms in total. The fraction of sp³-hybridized carbons (Fsp3) is 0.235. The molecule has 0 bridgehead atoms. The Labute approximate surface area is 156 Å². The summed E-state index contributed by atoms with van der Waals surface area (Å²) >= 11 is 0. The summed E-state index contributed by atoms with van der Waals surface area (Å²) < 4.78 is 32.4. The van der Waals surface area contributed by atoms with Gasteiger partial charge in [0.25, 0.3) is 21.6 Å². The van der Waals surface area contributed by atoms with Crippen LogP contribution in [0, 0.1) is 10.1 Å². The lowest BCUT2D eigenvalue weighted by Gasteiger charge is -2.12. The number of non-ortho nitro benzene ring substituents is 1. The highest BCUT2D eigenvalue weighted by Gasteiger charge is 2.20. The van der Waals surface area contributed by atoms with Crippen molar-refractivity contribution in [1.29, 1.82) is 0 Å². The van der Waals surface area contributed by atoms with E-state index in [1.165, 1.54) is 30.3 Å². The van der Waals surface area contributed by atoms with Crippen LogP contribution in [0.5, 0.6) is 0 Å². The Balaban J connectivity index is 2.23. The minimum atomic E-state index is -4.11. The molecule has 0 aliphatic carbocycles. The summed E-state index contributed by atoms with van der Waals surface area (Å²) in [6, 6.07) is 10.8. The first-order chi connectivity index (χ1) is 12.8. The van der Waals surface area contributed by atoms with Crippen molar-refractivity contribution in [3.8, 4) is 0 Å². The maximum absolute atomic E-state index is 12.6. The monoisotopic (exact) mass is 393 g/mol. The highest BCUT2D eigenvalue weighted by Crippen LogP contribution is 2.22. The maximum atomic E-state index is 12.6. The molecule has 0 aliphatic heterocycles. The number of nitrogens with zero attached hydrogens (tertiary/aromatic N) is 1. The number of nitro benzene ring substituents is 1. The fourth-order valence-corrected chi connectivity index (χ4v) is 3.37. The number of nitrogens with one attached hydrogen (secondary N) is 2. The summed E-state index contributed by atoms with van der Waals surface area (Å²) in [6.45, 7) is 0.861. The minimum Gasteiger partial charge on any atom is -0.385 e. The van der Waals surface area contributed by atoms with E-state index in [4.69, 9.17) is 4.74 Å². The highest BCUT2D eigenvalue weighted by atomic mass is 32.2. The van der Waals surface area contributed by atoms with Gasteiger partial charge in [-0.1, -0.05) is 18.2 Å². The third-order valence-corrected chi connectivity index (χ3v) is 4.93. The van der Waals surface area contributed by atoms with Gasteiger partial charge in [-0.25, -0.2) is 8.42 Å². The predicted octanol–water partition coefficient (Wildman–Crippen LogP) is 2.16. The number of hydrogen-bond donors (Lipinski definition) is 2. The van der Waals surface area contributed by atoms with Gasteiger partial charge in [-0.15, -0.1) is 0 Å². The Hall–Kier alpha value is -2.98. The van der Waals surface area contributed by atoms with Crippen molar-refractivity contribution >= 4 is 27.3 Å². The number of hydrogen-bond acceptors (Lipinski definition) is 6. The number of rotatable bonds is 9. The van der Waals surface area contributed by atoms with Crippen LogP contribution in [0.3, 0.4) is 0 Å². The van der Waals surface area contributed by atoms with Crippen LogP contribution in [0.15, 0.2) is 53.4 Å². The summed E-state index contributed by atoms with van der Waals surface area (Å²) in [7, 11) is -2.55. The summed E-state index contributed by atoms with van der Waals surface area (Å²) in [5.41, 5.74) is -0.126. The van der Waals surface area contributed by atoms with E-state index in [9.17, 15) is 23.3 Å². The zero-order chi connectivity index (χ0) is 19.9. The van der Waals surface area contributed by atoms with E-state index in [0.29, 0.717) is 19.6 Å². The molecule has 0 saturated carbocycles. The summed E-state index contributed by atoms with van der Waals surface area (Å²) in [5, 5.41) is 13.5. The van der Waals surface area contributed by atoms with E-state index in [2.05, 4.69) is 10.0 Å². The van der Waals surface area contributed by atoms with Gasteiger partial charge in [0.15, 0.2) is 0 Å². The molecule has 2 aromatic carbocycles. The number of benzene rings is 2. The Bertz CT molecular complexity index is 930. The quantitative estimate of drug-likeness (QED) is 0.382. The molecule has 0 atom stereocenters. The molecule has 0 radical (unpaired) electrons. The van der Waals surface area contributed by atoms with Gasteiger partial charge in [-0.05, 0) is 24.6 Å². The summed E-state index contributed by atoms with van der Waals surface area (Å²) in [5.74, 6) is -0.441. The number of methoxy groups -OCH3 is 1. The van der Waals surface area contributed by atoms with Gasteiger partial charge < -0.3 is 10.1 Å². The summed E-state index contributed by atoms with van der Waals surface area (Å²) in [6.07, 6.45) is 0.615. The van der Waals surface area contributed by atoms with Gasteiger partial charge >= 0.3 is 0 Å². The Kier molecular flexibility index (Phi) is 6.85. The van der Waals surface area contributed by atoms with Crippen LogP contribution in [0.25, 0.3) is 0 Å². The first kappa shape index (κ1) is 20.3. The average Bonchev–Trinajstić information content (AvgIpc) is 2.65. The number of sulfonamides is 1. The molecule has 0 aliphatic rings. The maximum Gasteiger partial charge on any atom is 0.270 e. The van der Waals surface area contributed by atoms with Crippen molar-refractivity contribution in [1.82, 2.24) is 5.32 Å². The topological polar surface area (TPSA) is 128 Å². The zero-order valence-corrected chi connectivity index (χ0v) is 15.4. The standard InChI is InChI=1S/C17H19N3O6S/c1-26-11-5-10-18-17(21)15-8-2-3-9-16(15)19-27(24,25)14-7-4-6-13(12-14)20(22)23/h2-4,6-9,12,19H,5,10-11H2,1H3,(H,18,21). The number of carbonyl (C=O) groups is 1. The van der Waals surface area contributed by atoms with Gasteiger partial charge in [0.1, 0.15) is 0 Å². The molecule has 0 spiro atoms. The van der Waals surface area contributed by atoms with E-state index in [1.54, 1.807) is 19.2 Å². The molecule has 0 fully saturated rings. The number of carbonyl (C=O) groups excluding carboxylic acids is 1. The number of anilines is 1. The average molecular weight is 393 g/mol. The molecule has 2 rings (SSSR count). The smallest absolute Gasteiger partial charge is 0.270 e. The molecule has 0 saturated heterocycles. The molecular weight excluding hydrogens is 374 g/mol. The van der Waals surface area contributed by atoms with Crippen LogP contribution < -0.4 is 10.0 Å². The van der Waals surface area contributed by atoms with Gasteiger partial charge in [0.2, 0.25) is 0 Å². The molecule has 2 aromatic rings. The van der Waals surface area contributed by atoms with Gasteiger partial charge in [0, 0.05) is 32.4 Å². The minimum absolute atomic E-state index is 0.0771. The van der Waals surface area contributed by atoms with Crippen LogP contribution in [-0.4, -0.2) is 39.5 Å². The largest absolute Gasteiger partial charge is 0.385 e. The fourth-order valence-electron chi connectivity index (χ4n) is 2.25. The third-order valence-electron chi connectivity index (χ3n) is 3.57. The second-order valence-electron chi connectivity index (χ2n) is 5.51. The lowest BCUT2D eigenvalue weighted by molar-refractivity contribution is -0.385. The van der Waals surface area contributed by atoms with Crippen LogP contribution >= 0.6 is 0 Å². The Morgan fingerprint density at radius 3 is 2.63 bits per heavy atom. The summed E-state index contributed by atoms with van der Waals surface area (Å²) in [4.78, 5) is 22.2. The van der Waals surface area contributed by atoms with Crippen molar-refractivity contribution in [3.63, 3.8) is 0 Å². The number of nitro groups is 1. The van der Waals surface area contributed by atoms with E-state index in [1.807, 2.05) is 0 Å². The second kappa shape index (κ2) is 9.10. The van der Waals surface area contributed by atoms with Crippen molar-refractivity contribution < 1.29 is 22.9 Å². The van der Waals surface area contributed by atoms with Crippen molar-refractivity contribution in [3.05, 3.63) is 64.2 Å². The van der Waals surface area contributed by atoms with E-state index in [-0.39, 0.29) is 21.8 Å². The lowest BCUT2D eigenvalue weighted by atomic mass is 10.1. The molecule has 1 amide bonds. The molecule has 144 valence electrons. The van der Waals surface area contributed by atoms with Crippen molar-refractivity contribution in [2.75, 3.05) is 25.0 Å². The number of ether oxygens (including phenoxy) is 1. The van der Waals surface area contributed by atoms with Crippen molar-refractivity contribution in [2.45, 2.75) is 11.3 Å². The first-order valence-electron chi connectivity index (χ1n) is 7.98. The van der Waals surface area contributed by atoms with Crippen LogP contribution in [0.1, 0.15) is 16.8 Å².